The summed E-state index contributed by atoms with van der Waals surface area (Å²) >= 11 is 6.18. The number of hydrogen-bond acceptors (Lipinski definition) is 3. The van der Waals surface area contributed by atoms with E-state index < -0.39 is 5.54 Å². The van der Waals surface area contributed by atoms with Crippen molar-refractivity contribution >= 4 is 17.3 Å². The summed E-state index contributed by atoms with van der Waals surface area (Å²) < 4.78 is 5.37. The number of nitrogens with one attached hydrogen (secondary N) is 1. The summed E-state index contributed by atoms with van der Waals surface area (Å²) in [5.74, 6) is 0.818. The molecule has 0 aliphatic rings. The molecule has 0 heterocycles. The summed E-state index contributed by atoms with van der Waals surface area (Å²) in [6.07, 6.45) is 0.624. The number of benzene rings is 2. The summed E-state index contributed by atoms with van der Waals surface area (Å²) in [4.78, 5) is 0. The van der Waals surface area contributed by atoms with E-state index in [9.17, 15) is 5.11 Å². The van der Waals surface area contributed by atoms with E-state index in [1.807, 2.05) is 55.5 Å². The van der Waals surface area contributed by atoms with E-state index in [1.54, 1.807) is 7.11 Å². The maximum Gasteiger partial charge on any atom is 0.122 e. The minimum atomic E-state index is -0.528. The maximum absolute atomic E-state index is 9.82. The number of ether oxygens (including phenoxy) is 1. The van der Waals surface area contributed by atoms with Crippen LogP contribution < -0.4 is 10.1 Å². The van der Waals surface area contributed by atoms with Gasteiger partial charge in [0.25, 0.3) is 0 Å². The maximum atomic E-state index is 9.82. The minimum absolute atomic E-state index is 0.0176. The van der Waals surface area contributed by atoms with E-state index in [0.29, 0.717) is 11.4 Å². The Morgan fingerprint density at radius 3 is 2.48 bits per heavy atom. The Morgan fingerprint density at radius 1 is 1.14 bits per heavy atom. The fourth-order valence-electron chi connectivity index (χ4n) is 2.30. The van der Waals surface area contributed by atoms with Gasteiger partial charge in [-0.2, -0.15) is 0 Å². The average molecular weight is 306 g/mol. The van der Waals surface area contributed by atoms with Crippen LogP contribution >= 0.6 is 11.6 Å². The highest BCUT2D eigenvalue weighted by Gasteiger charge is 2.25. The van der Waals surface area contributed by atoms with Gasteiger partial charge in [0.15, 0.2) is 0 Å². The van der Waals surface area contributed by atoms with E-state index in [0.717, 1.165) is 17.0 Å². The Balaban J connectivity index is 2.23. The third-order valence-corrected chi connectivity index (χ3v) is 3.76. The molecule has 2 rings (SSSR count). The molecule has 1 atom stereocenters. The van der Waals surface area contributed by atoms with Crippen molar-refractivity contribution in [1.82, 2.24) is 0 Å². The fourth-order valence-corrected chi connectivity index (χ4v) is 2.48. The zero-order chi connectivity index (χ0) is 15.3. The SMILES string of the molecule is COc1ccccc1CC(C)(CO)Nc1ccccc1Cl. The van der Waals surface area contributed by atoms with E-state index in [1.165, 1.54) is 0 Å². The molecule has 1 unspecified atom stereocenters. The van der Waals surface area contributed by atoms with Crippen LogP contribution in [-0.4, -0.2) is 24.4 Å². The second-order valence-corrected chi connectivity index (χ2v) is 5.72. The Morgan fingerprint density at radius 2 is 1.81 bits per heavy atom. The molecule has 3 nitrogen and oxygen atoms in total. The number of anilines is 1. The first kappa shape index (κ1) is 15.7. The molecular formula is C17H20ClNO2. The Labute approximate surface area is 130 Å². The molecule has 0 spiro atoms. The van der Waals surface area contributed by atoms with Crippen molar-refractivity contribution in [2.24, 2.45) is 0 Å². The standard InChI is InChI=1S/C17H20ClNO2/c1-17(12-20,19-15-9-5-4-8-14(15)18)11-13-7-3-6-10-16(13)21-2/h3-10,19-20H,11-12H2,1-2H3. The van der Waals surface area contributed by atoms with E-state index in [-0.39, 0.29) is 6.61 Å². The molecule has 0 saturated carbocycles. The second kappa shape index (κ2) is 6.83. The molecule has 2 aromatic carbocycles. The molecule has 0 saturated heterocycles. The Hall–Kier alpha value is -1.71. The van der Waals surface area contributed by atoms with Crippen LogP contribution in [0.4, 0.5) is 5.69 Å². The molecule has 0 fully saturated rings. The van der Waals surface area contributed by atoms with Crippen molar-refractivity contribution in [2.75, 3.05) is 19.0 Å². The van der Waals surface area contributed by atoms with Gasteiger partial charge in [-0.1, -0.05) is 41.9 Å². The largest absolute Gasteiger partial charge is 0.496 e. The predicted molar refractivity (Wildman–Crippen MR) is 87.3 cm³/mol. The first-order valence-electron chi connectivity index (χ1n) is 6.83. The van der Waals surface area contributed by atoms with Gasteiger partial charge >= 0.3 is 0 Å². The molecule has 0 bridgehead atoms. The number of rotatable bonds is 6. The zero-order valence-electron chi connectivity index (χ0n) is 12.3. The molecule has 2 aromatic rings. The second-order valence-electron chi connectivity index (χ2n) is 5.31. The van der Waals surface area contributed by atoms with Gasteiger partial charge in [-0.3, -0.25) is 0 Å². The monoisotopic (exact) mass is 305 g/mol. The molecule has 0 radical (unpaired) electrons. The summed E-state index contributed by atoms with van der Waals surface area (Å²) in [6.45, 7) is 1.94. The lowest BCUT2D eigenvalue weighted by molar-refractivity contribution is 0.221. The van der Waals surface area contributed by atoms with Crippen LogP contribution in [0.3, 0.4) is 0 Å². The Bertz CT molecular complexity index is 603. The highest BCUT2D eigenvalue weighted by Crippen LogP contribution is 2.28. The van der Waals surface area contributed by atoms with Crippen LogP contribution in [0, 0.1) is 0 Å². The number of aliphatic hydroxyl groups excluding tert-OH is 1. The van der Waals surface area contributed by atoms with E-state index >= 15 is 0 Å². The molecule has 0 aromatic heterocycles. The van der Waals surface area contributed by atoms with Gasteiger partial charge in [-0.15, -0.1) is 0 Å². The van der Waals surface area contributed by atoms with E-state index in [2.05, 4.69) is 5.32 Å². The summed E-state index contributed by atoms with van der Waals surface area (Å²) in [7, 11) is 1.65. The lowest BCUT2D eigenvalue weighted by Gasteiger charge is -2.31. The lowest BCUT2D eigenvalue weighted by atomic mass is 9.92. The highest BCUT2D eigenvalue weighted by atomic mass is 35.5. The summed E-state index contributed by atoms with van der Waals surface area (Å²) in [6, 6.07) is 15.3. The number of hydrogen-bond donors (Lipinski definition) is 2. The van der Waals surface area contributed by atoms with Gasteiger partial charge in [0, 0.05) is 6.42 Å². The highest BCUT2D eigenvalue weighted by molar-refractivity contribution is 6.33. The molecule has 0 aliphatic heterocycles. The Kier molecular flexibility index (Phi) is 5.10. The molecule has 2 N–H and O–H groups in total. The van der Waals surface area contributed by atoms with Crippen molar-refractivity contribution < 1.29 is 9.84 Å². The topological polar surface area (TPSA) is 41.5 Å². The predicted octanol–water partition coefficient (Wildman–Crippen LogP) is 3.75. The van der Waals surface area contributed by atoms with Crippen LogP contribution in [0.5, 0.6) is 5.75 Å². The number of para-hydroxylation sites is 2. The minimum Gasteiger partial charge on any atom is -0.496 e. The molecule has 0 aliphatic carbocycles. The average Bonchev–Trinajstić information content (AvgIpc) is 2.50. The molecular weight excluding hydrogens is 286 g/mol. The smallest absolute Gasteiger partial charge is 0.122 e. The number of aliphatic hydroxyl groups is 1. The van der Waals surface area contributed by atoms with Crippen molar-refractivity contribution in [1.29, 1.82) is 0 Å². The van der Waals surface area contributed by atoms with Crippen molar-refractivity contribution in [3.8, 4) is 5.75 Å². The van der Waals surface area contributed by atoms with Crippen LogP contribution in [-0.2, 0) is 6.42 Å². The lowest BCUT2D eigenvalue weighted by Crippen LogP contribution is -2.41. The first-order valence-corrected chi connectivity index (χ1v) is 7.21. The van der Waals surface area contributed by atoms with Crippen LogP contribution in [0.2, 0.25) is 5.02 Å². The van der Waals surface area contributed by atoms with Crippen molar-refractivity contribution in [3.63, 3.8) is 0 Å². The molecule has 112 valence electrons. The van der Waals surface area contributed by atoms with Crippen LogP contribution in [0.15, 0.2) is 48.5 Å². The van der Waals surface area contributed by atoms with Gasteiger partial charge in [-0.05, 0) is 30.7 Å². The van der Waals surface area contributed by atoms with Crippen LogP contribution in [0.1, 0.15) is 12.5 Å². The van der Waals surface area contributed by atoms with Gasteiger partial charge in [-0.25, -0.2) is 0 Å². The first-order chi connectivity index (χ1) is 10.1. The van der Waals surface area contributed by atoms with Gasteiger partial charge in [0.05, 0.1) is 30.0 Å². The quantitative estimate of drug-likeness (QED) is 0.854. The third kappa shape index (κ3) is 3.90. The third-order valence-electron chi connectivity index (χ3n) is 3.43. The van der Waals surface area contributed by atoms with E-state index in [4.69, 9.17) is 16.3 Å². The summed E-state index contributed by atoms with van der Waals surface area (Å²) in [5.41, 5.74) is 1.32. The van der Waals surface area contributed by atoms with Crippen LogP contribution in [0.25, 0.3) is 0 Å². The van der Waals surface area contributed by atoms with Gasteiger partial charge in [0.2, 0.25) is 0 Å². The normalized spacial score (nSPS) is 13.5. The summed E-state index contributed by atoms with van der Waals surface area (Å²) in [5, 5.41) is 13.8. The number of methoxy groups -OCH3 is 1. The fraction of sp³-hybridized carbons (Fsp3) is 0.294. The van der Waals surface area contributed by atoms with Gasteiger partial charge < -0.3 is 15.2 Å². The van der Waals surface area contributed by atoms with Gasteiger partial charge in [0.1, 0.15) is 5.75 Å². The number of halogens is 1. The van der Waals surface area contributed by atoms with Crippen molar-refractivity contribution in [2.45, 2.75) is 18.9 Å². The van der Waals surface area contributed by atoms with Crippen molar-refractivity contribution in [3.05, 3.63) is 59.1 Å². The zero-order valence-corrected chi connectivity index (χ0v) is 13.0. The molecule has 0 amide bonds. The molecule has 4 heteroatoms. The molecule has 21 heavy (non-hydrogen) atoms.